The normalized spacial score (nSPS) is 14.1. The van der Waals surface area contributed by atoms with Crippen LogP contribution in [-0.2, 0) is 0 Å². The Kier molecular flexibility index (Phi) is 5.27. The molecule has 0 saturated heterocycles. The van der Waals surface area contributed by atoms with Crippen molar-refractivity contribution >= 4 is 27.3 Å². The highest BCUT2D eigenvalue weighted by Crippen LogP contribution is 2.31. The van der Waals surface area contributed by atoms with Gasteiger partial charge in [-0.25, -0.2) is 0 Å². The van der Waals surface area contributed by atoms with Gasteiger partial charge in [0.2, 0.25) is 0 Å². The summed E-state index contributed by atoms with van der Waals surface area (Å²) in [6.07, 6.45) is -4.74. The summed E-state index contributed by atoms with van der Waals surface area (Å²) >= 11 is 4.77. The van der Waals surface area contributed by atoms with E-state index in [1.807, 2.05) is 18.4 Å². The molecule has 0 saturated carbocycles. The lowest BCUT2D eigenvalue weighted by Crippen LogP contribution is -2.22. The minimum Gasteiger partial charge on any atom is -0.310 e. The van der Waals surface area contributed by atoms with Gasteiger partial charge in [-0.05, 0) is 35.0 Å². The fourth-order valence-corrected chi connectivity index (χ4v) is 2.97. The summed E-state index contributed by atoms with van der Waals surface area (Å²) in [5, 5.41) is 4.96. The number of hydrogen-bond donors (Lipinski definition) is 1. The molecule has 0 fully saturated rings. The van der Waals surface area contributed by atoms with E-state index in [0.717, 1.165) is 9.35 Å². The zero-order valence-corrected chi connectivity index (χ0v) is 11.2. The molecule has 0 amide bonds. The number of hydrogen-bond acceptors (Lipinski definition) is 2. The van der Waals surface area contributed by atoms with E-state index in [0.29, 0.717) is 6.54 Å². The molecule has 16 heavy (non-hydrogen) atoms. The first-order valence-corrected chi connectivity index (χ1v) is 6.63. The van der Waals surface area contributed by atoms with Crippen LogP contribution < -0.4 is 5.32 Å². The molecule has 0 aliphatic carbocycles. The van der Waals surface area contributed by atoms with Gasteiger partial charge in [0, 0.05) is 27.2 Å². The molecule has 1 unspecified atom stereocenters. The molecule has 1 atom stereocenters. The first kappa shape index (κ1) is 14.0. The maximum atomic E-state index is 12.1. The molecule has 1 N–H and O–H groups in total. The van der Waals surface area contributed by atoms with Crippen LogP contribution in [0.15, 0.2) is 15.9 Å². The lowest BCUT2D eigenvalue weighted by atomic mass is 10.1. The topological polar surface area (TPSA) is 12.0 Å². The molecule has 1 rings (SSSR count). The molecule has 0 spiro atoms. The number of alkyl halides is 3. The van der Waals surface area contributed by atoms with E-state index >= 15 is 0 Å². The molecule has 6 heteroatoms. The van der Waals surface area contributed by atoms with Gasteiger partial charge in [-0.15, -0.1) is 11.3 Å². The summed E-state index contributed by atoms with van der Waals surface area (Å²) < 4.78 is 37.3. The summed E-state index contributed by atoms with van der Waals surface area (Å²) in [4.78, 5) is 0.943. The first-order chi connectivity index (χ1) is 7.42. The quantitative estimate of drug-likeness (QED) is 0.843. The molecule has 1 nitrogen and oxygen atoms in total. The standard InChI is InChI=1S/C10H13BrF3NS/c1-2-15-8(3-4-10(12,13)14)9-5-7(11)6-16-9/h5-6,8,15H,2-4H2,1H3. The smallest absolute Gasteiger partial charge is 0.310 e. The second kappa shape index (κ2) is 6.02. The van der Waals surface area contributed by atoms with Crippen molar-refractivity contribution in [3.8, 4) is 0 Å². The second-order valence-corrected chi connectivity index (χ2v) is 5.29. The van der Waals surface area contributed by atoms with Crippen LogP contribution in [0.2, 0.25) is 0 Å². The highest BCUT2D eigenvalue weighted by Gasteiger charge is 2.28. The Bertz CT molecular complexity index is 324. The van der Waals surface area contributed by atoms with Gasteiger partial charge in [0.25, 0.3) is 0 Å². The Balaban J connectivity index is 2.61. The minimum absolute atomic E-state index is 0.0876. The van der Waals surface area contributed by atoms with Crippen LogP contribution in [0.1, 0.15) is 30.7 Å². The lowest BCUT2D eigenvalue weighted by Gasteiger charge is -2.17. The van der Waals surface area contributed by atoms with Crippen molar-refractivity contribution in [3.63, 3.8) is 0 Å². The van der Waals surface area contributed by atoms with Crippen molar-refractivity contribution in [2.75, 3.05) is 6.54 Å². The molecule has 0 aliphatic rings. The zero-order valence-electron chi connectivity index (χ0n) is 8.77. The maximum Gasteiger partial charge on any atom is 0.389 e. The zero-order chi connectivity index (χ0) is 12.2. The SMILES string of the molecule is CCNC(CCC(F)(F)F)c1cc(Br)cs1. The minimum atomic E-state index is -4.08. The van der Waals surface area contributed by atoms with Gasteiger partial charge >= 0.3 is 6.18 Å². The van der Waals surface area contributed by atoms with E-state index in [1.54, 1.807) is 0 Å². The lowest BCUT2D eigenvalue weighted by molar-refractivity contribution is -0.136. The van der Waals surface area contributed by atoms with Crippen LogP contribution in [-0.4, -0.2) is 12.7 Å². The third kappa shape index (κ3) is 4.84. The Morgan fingerprint density at radius 2 is 2.19 bits per heavy atom. The Morgan fingerprint density at radius 3 is 2.62 bits per heavy atom. The van der Waals surface area contributed by atoms with Gasteiger partial charge in [0.15, 0.2) is 0 Å². The maximum absolute atomic E-state index is 12.1. The van der Waals surface area contributed by atoms with Crippen LogP contribution in [0.25, 0.3) is 0 Å². The van der Waals surface area contributed by atoms with E-state index in [9.17, 15) is 13.2 Å². The number of thiophene rings is 1. The number of nitrogens with one attached hydrogen (secondary N) is 1. The van der Waals surface area contributed by atoms with Crippen LogP contribution >= 0.6 is 27.3 Å². The predicted molar refractivity (Wildman–Crippen MR) is 63.7 cm³/mol. The highest BCUT2D eigenvalue weighted by molar-refractivity contribution is 9.10. The summed E-state index contributed by atoms with van der Waals surface area (Å²) in [5.74, 6) is 0. The highest BCUT2D eigenvalue weighted by atomic mass is 79.9. The van der Waals surface area contributed by atoms with Crippen LogP contribution in [0.5, 0.6) is 0 Å². The Hall–Kier alpha value is -0.0700. The number of rotatable bonds is 5. The molecule has 92 valence electrons. The molecule has 1 aromatic rings. The van der Waals surface area contributed by atoms with Gasteiger partial charge in [-0.2, -0.15) is 13.2 Å². The van der Waals surface area contributed by atoms with E-state index < -0.39 is 12.6 Å². The van der Waals surface area contributed by atoms with E-state index in [1.165, 1.54) is 11.3 Å². The number of halogens is 4. The van der Waals surface area contributed by atoms with E-state index in [4.69, 9.17) is 0 Å². The fourth-order valence-electron chi connectivity index (χ4n) is 1.41. The fraction of sp³-hybridized carbons (Fsp3) is 0.600. The summed E-state index contributed by atoms with van der Waals surface area (Å²) in [5.41, 5.74) is 0. The second-order valence-electron chi connectivity index (χ2n) is 3.43. The average molecular weight is 316 g/mol. The molecule has 1 heterocycles. The third-order valence-electron chi connectivity index (χ3n) is 2.10. The Labute approximate surface area is 105 Å². The third-order valence-corrected chi connectivity index (χ3v) is 3.91. The van der Waals surface area contributed by atoms with Crippen LogP contribution in [0, 0.1) is 0 Å². The predicted octanol–water partition coefficient (Wildman–Crippen LogP) is 4.50. The first-order valence-electron chi connectivity index (χ1n) is 4.96. The van der Waals surface area contributed by atoms with Crippen LogP contribution in [0.4, 0.5) is 13.2 Å². The monoisotopic (exact) mass is 315 g/mol. The van der Waals surface area contributed by atoms with Gasteiger partial charge in [-0.3, -0.25) is 0 Å². The van der Waals surface area contributed by atoms with E-state index in [-0.39, 0.29) is 12.5 Å². The van der Waals surface area contributed by atoms with E-state index in [2.05, 4.69) is 21.2 Å². The molecule has 0 radical (unpaired) electrons. The molecule has 0 bridgehead atoms. The molecule has 1 aromatic heterocycles. The molecule has 0 aromatic carbocycles. The van der Waals surface area contributed by atoms with Gasteiger partial charge < -0.3 is 5.32 Å². The van der Waals surface area contributed by atoms with Crippen molar-refractivity contribution in [1.82, 2.24) is 5.32 Å². The summed E-state index contributed by atoms with van der Waals surface area (Å²) in [6, 6.07) is 1.66. The van der Waals surface area contributed by atoms with Crippen molar-refractivity contribution in [1.29, 1.82) is 0 Å². The molecule has 0 aliphatic heterocycles. The summed E-state index contributed by atoms with van der Waals surface area (Å²) in [6.45, 7) is 2.56. The van der Waals surface area contributed by atoms with Crippen molar-refractivity contribution in [2.24, 2.45) is 0 Å². The molecular weight excluding hydrogens is 303 g/mol. The average Bonchev–Trinajstić information content (AvgIpc) is 2.57. The van der Waals surface area contributed by atoms with Crippen molar-refractivity contribution in [3.05, 3.63) is 20.8 Å². The van der Waals surface area contributed by atoms with Crippen molar-refractivity contribution < 1.29 is 13.2 Å². The molecular formula is C10H13BrF3NS. The largest absolute Gasteiger partial charge is 0.389 e. The van der Waals surface area contributed by atoms with Gasteiger partial charge in [0.05, 0.1) is 0 Å². The Morgan fingerprint density at radius 1 is 1.50 bits per heavy atom. The van der Waals surface area contributed by atoms with Crippen LogP contribution in [0.3, 0.4) is 0 Å². The van der Waals surface area contributed by atoms with Gasteiger partial charge in [0.1, 0.15) is 0 Å². The van der Waals surface area contributed by atoms with Crippen molar-refractivity contribution in [2.45, 2.75) is 32.0 Å². The van der Waals surface area contributed by atoms with Gasteiger partial charge in [-0.1, -0.05) is 6.92 Å². The summed E-state index contributed by atoms with van der Waals surface area (Å²) in [7, 11) is 0.